The number of aryl methyl sites for hydroxylation is 1. The Kier molecular flexibility index (Phi) is 6.82. The number of amides is 2. The number of hydrogen-bond acceptors (Lipinski definition) is 3. The van der Waals surface area contributed by atoms with E-state index in [1.807, 2.05) is 59.5 Å². The highest BCUT2D eigenvalue weighted by Gasteiger charge is 2.24. The average Bonchev–Trinajstić information content (AvgIpc) is 3.35. The molecule has 2 amide bonds. The number of piperidine rings is 1. The molecule has 1 saturated heterocycles. The third-order valence-electron chi connectivity index (χ3n) is 5.84. The molecule has 31 heavy (non-hydrogen) atoms. The van der Waals surface area contributed by atoms with Crippen molar-refractivity contribution in [2.45, 2.75) is 25.7 Å². The number of nitrogens with zero attached hydrogens (tertiary/aromatic N) is 1. The molecule has 1 atom stereocenters. The maximum absolute atomic E-state index is 12.6. The molecule has 2 aromatic carbocycles. The topological polar surface area (TPSA) is 62.6 Å². The van der Waals surface area contributed by atoms with Crippen LogP contribution in [0.5, 0.6) is 0 Å². The fraction of sp³-hybridized carbons (Fsp3) is 0.308. The molecule has 2 heterocycles. The van der Waals surface area contributed by atoms with Gasteiger partial charge in [-0.15, -0.1) is 0 Å². The molecular weight excluding hydrogens is 388 g/mol. The number of rotatable bonds is 7. The van der Waals surface area contributed by atoms with Crippen LogP contribution < -0.4 is 5.32 Å². The van der Waals surface area contributed by atoms with Gasteiger partial charge in [0.25, 0.3) is 5.91 Å². The number of nitrogens with one attached hydrogen (secondary N) is 1. The van der Waals surface area contributed by atoms with Crippen LogP contribution in [0.4, 0.5) is 0 Å². The summed E-state index contributed by atoms with van der Waals surface area (Å²) in [5.41, 5.74) is 2.88. The van der Waals surface area contributed by atoms with Crippen molar-refractivity contribution in [1.29, 1.82) is 0 Å². The molecule has 0 spiro atoms. The predicted molar refractivity (Wildman–Crippen MR) is 121 cm³/mol. The van der Waals surface area contributed by atoms with Crippen molar-refractivity contribution in [1.82, 2.24) is 10.2 Å². The third-order valence-corrected chi connectivity index (χ3v) is 5.84. The largest absolute Gasteiger partial charge is 0.469 e. The summed E-state index contributed by atoms with van der Waals surface area (Å²) in [6, 6.07) is 21.5. The molecule has 0 aliphatic carbocycles. The van der Waals surface area contributed by atoms with Crippen molar-refractivity contribution < 1.29 is 14.0 Å². The van der Waals surface area contributed by atoms with Crippen molar-refractivity contribution in [3.63, 3.8) is 0 Å². The van der Waals surface area contributed by atoms with Crippen LogP contribution in [0.15, 0.2) is 77.4 Å². The molecule has 1 aliphatic heterocycles. The molecule has 0 saturated carbocycles. The highest BCUT2D eigenvalue weighted by Crippen LogP contribution is 2.20. The van der Waals surface area contributed by atoms with Gasteiger partial charge in [-0.05, 0) is 54.2 Å². The fourth-order valence-corrected chi connectivity index (χ4v) is 4.09. The summed E-state index contributed by atoms with van der Waals surface area (Å²) in [5.74, 6) is 1.21. The van der Waals surface area contributed by atoms with E-state index in [2.05, 4.69) is 17.4 Å². The molecule has 160 valence electrons. The zero-order valence-corrected chi connectivity index (χ0v) is 17.6. The lowest BCUT2D eigenvalue weighted by Crippen LogP contribution is -2.43. The zero-order chi connectivity index (χ0) is 21.5. The summed E-state index contributed by atoms with van der Waals surface area (Å²) in [5, 5.41) is 3.05. The molecule has 0 unspecified atom stereocenters. The normalized spacial score (nSPS) is 16.1. The van der Waals surface area contributed by atoms with Crippen molar-refractivity contribution in [2.75, 3.05) is 19.6 Å². The Morgan fingerprint density at radius 3 is 2.48 bits per heavy atom. The predicted octanol–water partition coefficient (Wildman–Crippen LogP) is 4.55. The van der Waals surface area contributed by atoms with Crippen LogP contribution in [-0.4, -0.2) is 36.3 Å². The zero-order valence-electron chi connectivity index (χ0n) is 17.6. The van der Waals surface area contributed by atoms with E-state index < -0.39 is 0 Å². The minimum atomic E-state index is -0.0686. The van der Waals surface area contributed by atoms with E-state index in [9.17, 15) is 9.59 Å². The summed E-state index contributed by atoms with van der Waals surface area (Å²) in [6.45, 7) is 2.08. The van der Waals surface area contributed by atoms with Gasteiger partial charge in [-0.2, -0.15) is 0 Å². The lowest BCUT2D eigenvalue weighted by molar-refractivity contribution is -0.133. The van der Waals surface area contributed by atoms with Gasteiger partial charge < -0.3 is 14.6 Å². The molecule has 4 rings (SSSR count). The number of likely N-dealkylation sites (tertiary alicyclic amines) is 1. The van der Waals surface area contributed by atoms with Gasteiger partial charge in [-0.1, -0.05) is 42.5 Å². The van der Waals surface area contributed by atoms with E-state index >= 15 is 0 Å². The Labute approximate surface area is 183 Å². The first-order valence-corrected chi connectivity index (χ1v) is 10.9. The van der Waals surface area contributed by atoms with E-state index in [4.69, 9.17) is 4.42 Å². The van der Waals surface area contributed by atoms with Crippen LogP contribution in [0.2, 0.25) is 0 Å². The van der Waals surface area contributed by atoms with Crippen LogP contribution >= 0.6 is 0 Å². The summed E-state index contributed by atoms with van der Waals surface area (Å²) < 4.78 is 5.31. The van der Waals surface area contributed by atoms with E-state index in [0.29, 0.717) is 31.5 Å². The lowest BCUT2D eigenvalue weighted by atomic mass is 9.97. The Bertz CT molecular complexity index is 981. The Balaban J connectivity index is 1.25. The van der Waals surface area contributed by atoms with Gasteiger partial charge in [0.15, 0.2) is 0 Å². The summed E-state index contributed by atoms with van der Waals surface area (Å²) in [7, 11) is 0. The van der Waals surface area contributed by atoms with Gasteiger partial charge >= 0.3 is 0 Å². The molecule has 1 aromatic heterocycles. The first-order chi connectivity index (χ1) is 15.2. The summed E-state index contributed by atoms with van der Waals surface area (Å²) in [6.07, 6.45) is 4.71. The minimum absolute atomic E-state index is 0.0686. The number of carbonyl (C=O) groups is 2. The molecule has 5 heteroatoms. The van der Waals surface area contributed by atoms with E-state index in [1.165, 1.54) is 0 Å². The van der Waals surface area contributed by atoms with Gasteiger partial charge in [-0.3, -0.25) is 9.59 Å². The van der Waals surface area contributed by atoms with Gasteiger partial charge in [0.05, 0.1) is 6.26 Å². The van der Waals surface area contributed by atoms with Crippen LogP contribution in [0.3, 0.4) is 0 Å². The molecule has 1 N–H and O–H groups in total. The number of carbonyl (C=O) groups excluding carboxylic acids is 2. The number of furan rings is 1. The van der Waals surface area contributed by atoms with Gasteiger partial charge in [0.1, 0.15) is 5.76 Å². The molecule has 0 bridgehead atoms. The maximum atomic E-state index is 12.6. The van der Waals surface area contributed by atoms with E-state index in [1.54, 1.807) is 6.26 Å². The summed E-state index contributed by atoms with van der Waals surface area (Å²) in [4.78, 5) is 27.1. The molecule has 5 nitrogen and oxygen atoms in total. The molecule has 0 radical (unpaired) electrons. The second-order valence-electron chi connectivity index (χ2n) is 8.08. The monoisotopic (exact) mass is 416 g/mol. The SMILES string of the molecule is O=C(NC[C@H]1CCCN(C(=O)CCc2ccco2)C1)c1ccc(-c2ccccc2)cc1. The second kappa shape index (κ2) is 10.1. The Hall–Kier alpha value is -3.34. The van der Waals surface area contributed by atoms with Gasteiger partial charge in [0.2, 0.25) is 5.91 Å². The quantitative estimate of drug-likeness (QED) is 0.615. The average molecular weight is 417 g/mol. The second-order valence-corrected chi connectivity index (χ2v) is 8.08. The Morgan fingerprint density at radius 1 is 0.968 bits per heavy atom. The Morgan fingerprint density at radius 2 is 1.74 bits per heavy atom. The van der Waals surface area contributed by atoms with Crippen LogP contribution in [0.25, 0.3) is 11.1 Å². The van der Waals surface area contributed by atoms with Crippen molar-refractivity contribution in [3.05, 3.63) is 84.3 Å². The fourth-order valence-electron chi connectivity index (χ4n) is 4.09. The van der Waals surface area contributed by atoms with Crippen LogP contribution in [0.1, 0.15) is 35.4 Å². The highest BCUT2D eigenvalue weighted by molar-refractivity contribution is 5.94. The maximum Gasteiger partial charge on any atom is 0.251 e. The smallest absolute Gasteiger partial charge is 0.251 e. The highest BCUT2D eigenvalue weighted by atomic mass is 16.3. The molecule has 3 aromatic rings. The first kappa shape index (κ1) is 20.9. The van der Waals surface area contributed by atoms with Crippen LogP contribution in [-0.2, 0) is 11.2 Å². The minimum Gasteiger partial charge on any atom is -0.469 e. The molecule has 1 aliphatic rings. The van der Waals surface area contributed by atoms with Crippen molar-refractivity contribution in [3.8, 4) is 11.1 Å². The van der Waals surface area contributed by atoms with Gasteiger partial charge in [-0.25, -0.2) is 0 Å². The van der Waals surface area contributed by atoms with E-state index in [-0.39, 0.29) is 17.7 Å². The number of hydrogen-bond donors (Lipinski definition) is 1. The molecule has 1 fully saturated rings. The number of benzene rings is 2. The van der Waals surface area contributed by atoms with Crippen molar-refractivity contribution in [2.24, 2.45) is 5.92 Å². The van der Waals surface area contributed by atoms with Crippen LogP contribution in [0, 0.1) is 5.92 Å². The standard InChI is InChI=1S/C26H28N2O3/c29-25(15-14-24-9-5-17-31-24)28-16-4-6-20(19-28)18-27-26(30)23-12-10-22(11-13-23)21-7-2-1-3-8-21/h1-3,5,7-13,17,20H,4,6,14-16,18-19H2,(H,27,30)/t20-/m1/s1. The van der Waals surface area contributed by atoms with Crippen molar-refractivity contribution >= 4 is 11.8 Å². The van der Waals surface area contributed by atoms with Gasteiger partial charge in [0, 0.05) is 38.0 Å². The summed E-state index contributed by atoms with van der Waals surface area (Å²) >= 11 is 0. The third kappa shape index (κ3) is 5.63. The first-order valence-electron chi connectivity index (χ1n) is 10.9. The molecular formula is C26H28N2O3. The lowest BCUT2D eigenvalue weighted by Gasteiger charge is -2.33. The van der Waals surface area contributed by atoms with E-state index in [0.717, 1.165) is 36.3 Å².